The van der Waals surface area contributed by atoms with Gasteiger partial charge in [0.05, 0.1) is 34.9 Å². The van der Waals surface area contributed by atoms with E-state index in [2.05, 4.69) is 39.5 Å². The highest BCUT2D eigenvalue weighted by atomic mass is 32.1. The van der Waals surface area contributed by atoms with Crippen LogP contribution in [0.15, 0.2) is 0 Å². The van der Waals surface area contributed by atoms with Gasteiger partial charge in [-0.3, -0.25) is 0 Å². The lowest BCUT2D eigenvalue weighted by atomic mass is 9.86. The van der Waals surface area contributed by atoms with E-state index < -0.39 is 0 Å². The normalized spacial score (nSPS) is 24.0. The second kappa shape index (κ2) is 5.78. The van der Waals surface area contributed by atoms with Crippen LogP contribution >= 0.6 is 11.3 Å². The van der Waals surface area contributed by atoms with Gasteiger partial charge < -0.3 is 18.9 Å². The molecule has 1 aromatic heterocycles. The van der Waals surface area contributed by atoms with Crippen molar-refractivity contribution >= 4 is 28.4 Å². The molecule has 3 heterocycles. The van der Waals surface area contributed by atoms with Crippen molar-refractivity contribution in [2.45, 2.75) is 52.2 Å². The largest absolute Gasteiger partial charge is 0.507 e. The Morgan fingerprint density at radius 2 is 1.73 bits per heavy atom. The zero-order valence-electron chi connectivity index (χ0n) is 14.1. The van der Waals surface area contributed by atoms with E-state index in [1.165, 1.54) is 0 Å². The number of rotatable bonds is 3. The fraction of sp³-hybridized carbons (Fsp3) is 0.800. The van der Waals surface area contributed by atoms with E-state index in [4.69, 9.17) is 19.0 Å². The number of hydrogen-bond donors (Lipinski definition) is 0. The topological polar surface area (TPSA) is 43.8 Å². The summed E-state index contributed by atoms with van der Waals surface area (Å²) in [6.07, 6.45) is 0.889. The standard InChI is InChI=1S/C15H25BN2O3S/c1-6-11-12(16-20-14(2,3)15(4,5)21-16)22-13(17-11)18-7-9-19-10-8-18/h6-10H2,1-5H3. The number of thiazole rings is 1. The van der Waals surface area contributed by atoms with Gasteiger partial charge in [-0.05, 0) is 34.1 Å². The van der Waals surface area contributed by atoms with Crippen molar-refractivity contribution in [1.82, 2.24) is 4.98 Å². The van der Waals surface area contributed by atoms with Gasteiger partial charge in [0.2, 0.25) is 0 Å². The Morgan fingerprint density at radius 3 is 2.27 bits per heavy atom. The molecule has 0 amide bonds. The first-order valence-electron chi connectivity index (χ1n) is 8.02. The molecule has 1 aromatic rings. The number of morpholine rings is 1. The van der Waals surface area contributed by atoms with Crippen LogP contribution in [0.5, 0.6) is 0 Å². The highest BCUT2D eigenvalue weighted by Gasteiger charge is 2.53. The molecule has 0 aromatic carbocycles. The molecule has 7 heteroatoms. The summed E-state index contributed by atoms with van der Waals surface area (Å²) in [6, 6.07) is 0. The van der Waals surface area contributed by atoms with Gasteiger partial charge in [0, 0.05) is 13.1 Å². The van der Waals surface area contributed by atoms with Gasteiger partial charge >= 0.3 is 7.12 Å². The molecule has 0 radical (unpaired) electrons. The molecule has 0 saturated carbocycles. The minimum atomic E-state index is -0.314. The highest BCUT2D eigenvalue weighted by Crippen LogP contribution is 2.37. The Morgan fingerprint density at radius 1 is 1.14 bits per heavy atom. The first-order chi connectivity index (χ1) is 10.3. The Kier molecular flexibility index (Phi) is 4.27. The molecule has 2 aliphatic rings. The Hall–Kier alpha value is -0.625. The van der Waals surface area contributed by atoms with Gasteiger partial charge in [-0.1, -0.05) is 6.92 Å². The van der Waals surface area contributed by atoms with Gasteiger partial charge in [0.1, 0.15) is 0 Å². The molecule has 0 spiro atoms. The summed E-state index contributed by atoms with van der Waals surface area (Å²) in [4.78, 5) is 7.12. The summed E-state index contributed by atoms with van der Waals surface area (Å²) in [5.74, 6) is 0. The first-order valence-corrected chi connectivity index (χ1v) is 8.83. The zero-order valence-corrected chi connectivity index (χ0v) is 15.0. The van der Waals surface area contributed by atoms with Gasteiger partial charge in [0.15, 0.2) is 5.13 Å². The van der Waals surface area contributed by atoms with Crippen LogP contribution in [0.2, 0.25) is 0 Å². The monoisotopic (exact) mass is 324 g/mol. The minimum Gasteiger partial charge on any atom is -0.399 e. The van der Waals surface area contributed by atoms with E-state index in [-0.39, 0.29) is 18.3 Å². The summed E-state index contributed by atoms with van der Waals surface area (Å²) in [5, 5.41) is 1.06. The number of ether oxygens (including phenoxy) is 1. The first kappa shape index (κ1) is 16.2. The summed E-state index contributed by atoms with van der Waals surface area (Å²) in [6.45, 7) is 13.8. The Labute approximate surface area is 137 Å². The molecule has 0 aliphatic carbocycles. The van der Waals surface area contributed by atoms with Crippen LogP contribution in [0.3, 0.4) is 0 Å². The SMILES string of the molecule is CCc1nc(N2CCOCC2)sc1B1OC(C)(C)C(C)(C)O1. The van der Waals surface area contributed by atoms with Gasteiger partial charge in [-0.2, -0.15) is 0 Å². The summed E-state index contributed by atoms with van der Waals surface area (Å²) < 4.78 is 18.9. The molecular formula is C15H25BN2O3S. The second-order valence-corrected chi connectivity index (χ2v) is 7.86. The van der Waals surface area contributed by atoms with Gasteiger partial charge in [-0.25, -0.2) is 4.98 Å². The Bertz CT molecular complexity index is 525. The summed E-state index contributed by atoms with van der Waals surface area (Å²) >= 11 is 1.70. The lowest BCUT2D eigenvalue weighted by Crippen LogP contribution is -2.41. The molecule has 2 aliphatic heterocycles. The van der Waals surface area contributed by atoms with E-state index in [9.17, 15) is 0 Å². The quantitative estimate of drug-likeness (QED) is 0.794. The van der Waals surface area contributed by atoms with Crippen LogP contribution < -0.4 is 9.68 Å². The van der Waals surface area contributed by atoms with Crippen LogP contribution in [0.1, 0.15) is 40.3 Å². The smallest absolute Gasteiger partial charge is 0.399 e. The van der Waals surface area contributed by atoms with Crippen molar-refractivity contribution < 1.29 is 14.0 Å². The fourth-order valence-corrected chi connectivity index (χ4v) is 3.79. The molecule has 3 rings (SSSR count). The van der Waals surface area contributed by atoms with Gasteiger partial charge in [-0.15, -0.1) is 11.3 Å². The average Bonchev–Trinajstić information content (AvgIpc) is 2.99. The zero-order chi connectivity index (χ0) is 16.0. The molecule has 122 valence electrons. The lowest BCUT2D eigenvalue weighted by molar-refractivity contribution is 0.00578. The minimum absolute atomic E-state index is 0.313. The van der Waals surface area contributed by atoms with E-state index in [0.717, 1.165) is 48.3 Å². The van der Waals surface area contributed by atoms with E-state index in [1.807, 2.05) is 0 Å². The third-order valence-corrected chi connectivity index (χ3v) is 5.98. The number of anilines is 1. The van der Waals surface area contributed by atoms with E-state index >= 15 is 0 Å². The second-order valence-electron chi connectivity index (χ2n) is 6.85. The third kappa shape index (κ3) is 2.80. The van der Waals surface area contributed by atoms with Crippen LogP contribution in [0.25, 0.3) is 0 Å². The molecular weight excluding hydrogens is 299 g/mol. The number of hydrogen-bond acceptors (Lipinski definition) is 6. The number of aromatic nitrogens is 1. The van der Waals surface area contributed by atoms with Crippen molar-refractivity contribution in [3.05, 3.63) is 5.69 Å². The average molecular weight is 324 g/mol. The maximum Gasteiger partial charge on any atom is 0.507 e. The molecule has 2 saturated heterocycles. The maximum atomic E-state index is 6.20. The van der Waals surface area contributed by atoms with Crippen molar-refractivity contribution in [3.8, 4) is 0 Å². The van der Waals surface area contributed by atoms with Crippen LogP contribution in [-0.2, 0) is 20.5 Å². The van der Waals surface area contributed by atoms with Crippen LogP contribution in [0, 0.1) is 0 Å². The maximum absolute atomic E-state index is 6.20. The lowest BCUT2D eigenvalue weighted by Gasteiger charge is -2.32. The number of nitrogens with zero attached hydrogens (tertiary/aromatic N) is 2. The molecule has 5 nitrogen and oxygen atoms in total. The van der Waals surface area contributed by atoms with E-state index in [0.29, 0.717) is 0 Å². The molecule has 2 fully saturated rings. The predicted octanol–water partition coefficient (Wildman–Crippen LogP) is 1.84. The summed E-state index contributed by atoms with van der Waals surface area (Å²) in [5.41, 5.74) is 0.461. The highest BCUT2D eigenvalue weighted by molar-refractivity contribution is 7.25. The van der Waals surface area contributed by atoms with Crippen molar-refractivity contribution in [1.29, 1.82) is 0 Å². The van der Waals surface area contributed by atoms with E-state index in [1.54, 1.807) is 11.3 Å². The van der Waals surface area contributed by atoms with Crippen molar-refractivity contribution in [2.24, 2.45) is 0 Å². The summed E-state index contributed by atoms with van der Waals surface area (Å²) in [7, 11) is -0.313. The van der Waals surface area contributed by atoms with Crippen molar-refractivity contribution in [3.63, 3.8) is 0 Å². The predicted molar refractivity (Wildman–Crippen MR) is 90.2 cm³/mol. The van der Waals surface area contributed by atoms with Crippen molar-refractivity contribution in [2.75, 3.05) is 31.2 Å². The molecule has 0 atom stereocenters. The molecule has 22 heavy (non-hydrogen) atoms. The van der Waals surface area contributed by atoms with Gasteiger partial charge in [0.25, 0.3) is 0 Å². The van der Waals surface area contributed by atoms with Crippen LogP contribution in [0.4, 0.5) is 5.13 Å². The number of aryl methyl sites for hydroxylation is 1. The van der Waals surface area contributed by atoms with Crippen LogP contribution in [-0.4, -0.2) is 49.6 Å². The molecule has 0 bridgehead atoms. The molecule has 0 N–H and O–H groups in total. The fourth-order valence-electron chi connectivity index (χ4n) is 2.63. The Balaban J connectivity index is 1.86. The molecule has 0 unspecified atom stereocenters. The third-order valence-electron chi connectivity index (χ3n) is 4.80.